The number of nitrogens with zero attached hydrogens (tertiary/aromatic N) is 2. The Kier molecular flexibility index (Phi) is 5.43. The third-order valence-corrected chi connectivity index (χ3v) is 4.58. The van der Waals surface area contributed by atoms with E-state index in [1.165, 1.54) is 12.8 Å². The van der Waals surface area contributed by atoms with Gasteiger partial charge in [0, 0.05) is 31.0 Å². The van der Waals surface area contributed by atoms with Crippen LogP contribution in [0.15, 0.2) is 42.7 Å². The summed E-state index contributed by atoms with van der Waals surface area (Å²) >= 11 is 0. The van der Waals surface area contributed by atoms with Gasteiger partial charge in [-0.15, -0.1) is 0 Å². The number of benzene rings is 1. The molecule has 2 heterocycles. The van der Waals surface area contributed by atoms with Gasteiger partial charge in [-0.3, -0.25) is 14.6 Å². The van der Waals surface area contributed by atoms with Crippen LogP contribution in [0.4, 0.5) is 5.69 Å². The van der Waals surface area contributed by atoms with Crippen LogP contribution < -0.4 is 5.32 Å². The summed E-state index contributed by atoms with van der Waals surface area (Å²) in [6.45, 7) is 3.47. The Morgan fingerprint density at radius 2 is 1.68 bits per heavy atom. The SMILES string of the molecule is Cc1cccc(C(=O)N2CCCCCC2)c1NC(=O)c1ccncc1. The molecule has 0 unspecified atom stereocenters. The Bertz CT molecular complexity index is 751. The lowest BCUT2D eigenvalue weighted by Gasteiger charge is -2.22. The van der Waals surface area contributed by atoms with Gasteiger partial charge in [-0.25, -0.2) is 0 Å². The van der Waals surface area contributed by atoms with Gasteiger partial charge in [-0.2, -0.15) is 0 Å². The number of amides is 2. The van der Waals surface area contributed by atoms with Crippen LogP contribution in [0.5, 0.6) is 0 Å². The number of hydrogen-bond donors (Lipinski definition) is 1. The largest absolute Gasteiger partial charge is 0.339 e. The number of pyridine rings is 1. The zero-order chi connectivity index (χ0) is 17.6. The van der Waals surface area contributed by atoms with Crippen molar-refractivity contribution in [1.29, 1.82) is 0 Å². The van der Waals surface area contributed by atoms with Crippen LogP contribution in [0.1, 0.15) is 52.0 Å². The van der Waals surface area contributed by atoms with Gasteiger partial charge < -0.3 is 10.2 Å². The maximum absolute atomic E-state index is 13.0. The second kappa shape index (κ2) is 7.92. The van der Waals surface area contributed by atoms with E-state index in [2.05, 4.69) is 10.3 Å². The van der Waals surface area contributed by atoms with Crippen molar-refractivity contribution in [2.75, 3.05) is 18.4 Å². The molecule has 1 N–H and O–H groups in total. The van der Waals surface area contributed by atoms with E-state index in [0.717, 1.165) is 31.5 Å². The fourth-order valence-electron chi connectivity index (χ4n) is 3.15. The predicted molar refractivity (Wildman–Crippen MR) is 97.7 cm³/mol. The highest BCUT2D eigenvalue weighted by atomic mass is 16.2. The van der Waals surface area contributed by atoms with Crippen LogP contribution >= 0.6 is 0 Å². The average molecular weight is 337 g/mol. The van der Waals surface area contributed by atoms with Crippen molar-refractivity contribution < 1.29 is 9.59 Å². The summed E-state index contributed by atoms with van der Waals surface area (Å²) in [5.74, 6) is -0.239. The first kappa shape index (κ1) is 17.1. The number of hydrogen-bond acceptors (Lipinski definition) is 3. The highest BCUT2D eigenvalue weighted by Gasteiger charge is 2.22. The molecule has 5 heteroatoms. The monoisotopic (exact) mass is 337 g/mol. The predicted octanol–water partition coefficient (Wildman–Crippen LogP) is 3.66. The summed E-state index contributed by atoms with van der Waals surface area (Å²) in [5.41, 5.74) is 2.55. The molecule has 25 heavy (non-hydrogen) atoms. The molecule has 0 radical (unpaired) electrons. The lowest BCUT2D eigenvalue weighted by atomic mass is 10.1. The zero-order valence-electron chi connectivity index (χ0n) is 14.5. The van der Waals surface area contributed by atoms with Crippen LogP contribution in [0.2, 0.25) is 0 Å². The number of nitrogens with one attached hydrogen (secondary N) is 1. The molecule has 1 saturated heterocycles. The Balaban J connectivity index is 1.86. The molecule has 1 fully saturated rings. The maximum Gasteiger partial charge on any atom is 0.255 e. The number of carbonyl (C=O) groups excluding carboxylic acids is 2. The first-order chi connectivity index (χ1) is 12.2. The van der Waals surface area contributed by atoms with Gasteiger partial charge in [0.15, 0.2) is 0 Å². The minimum atomic E-state index is -0.235. The van der Waals surface area contributed by atoms with Crippen LogP contribution in [0, 0.1) is 6.92 Å². The van der Waals surface area contributed by atoms with E-state index in [-0.39, 0.29) is 11.8 Å². The van der Waals surface area contributed by atoms with E-state index >= 15 is 0 Å². The van der Waals surface area contributed by atoms with E-state index in [0.29, 0.717) is 16.8 Å². The Morgan fingerprint density at radius 1 is 1.00 bits per heavy atom. The summed E-state index contributed by atoms with van der Waals surface area (Å²) in [7, 11) is 0. The third kappa shape index (κ3) is 4.05. The molecule has 0 saturated carbocycles. The average Bonchev–Trinajstić information content (AvgIpc) is 2.93. The van der Waals surface area contributed by atoms with Gasteiger partial charge in [0.25, 0.3) is 11.8 Å². The molecule has 1 aliphatic heterocycles. The molecule has 2 amide bonds. The van der Waals surface area contributed by atoms with Gasteiger partial charge in [0.1, 0.15) is 0 Å². The van der Waals surface area contributed by atoms with Crippen LogP contribution in [-0.4, -0.2) is 34.8 Å². The quantitative estimate of drug-likeness (QED) is 0.930. The summed E-state index contributed by atoms with van der Waals surface area (Å²) in [5, 5.41) is 2.92. The Labute approximate surface area is 148 Å². The van der Waals surface area contributed by atoms with Crippen molar-refractivity contribution in [2.45, 2.75) is 32.6 Å². The third-order valence-electron chi connectivity index (χ3n) is 4.58. The second-order valence-electron chi connectivity index (χ2n) is 6.39. The van der Waals surface area contributed by atoms with Gasteiger partial charge in [0.05, 0.1) is 11.3 Å². The molecule has 1 aliphatic rings. The summed E-state index contributed by atoms with van der Waals surface area (Å²) in [6, 6.07) is 8.88. The molecule has 3 rings (SSSR count). The number of rotatable bonds is 3. The number of para-hydroxylation sites is 1. The van der Waals surface area contributed by atoms with Crippen molar-refractivity contribution in [3.63, 3.8) is 0 Å². The van der Waals surface area contributed by atoms with Gasteiger partial charge in [-0.05, 0) is 43.5 Å². The molecular weight excluding hydrogens is 314 g/mol. The Morgan fingerprint density at radius 3 is 2.36 bits per heavy atom. The van der Waals surface area contributed by atoms with Crippen molar-refractivity contribution in [1.82, 2.24) is 9.88 Å². The van der Waals surface area contributed by atoms with Crippen LogP contribution in [0.25, 0.3) is 0 Å². The molecule has 130 valence electrons. The molecule has 0 spiro atoms. The summed E-state index contributed by atoms with van der Waals surface area (Å²) in [4.78, 5) is 31.4. The smallest absolute Gasteiger partial charge is 0.255 e. The highest BCUT2D eigenvalue weighted by Crippen LogP contribution is 2.24. The van der Waals surface area contributed by atoms with Gasteiger partial charge in [-0.1, -0.05) is 25.0 Å². The first-order valence-corrected chi connectivity index (χ1v) is 8.77. The van der Waals surface area contributed by atoms with E-state index in [1.54, 1.807) is 30.6 Å². The number of aromatic nitrogens is 1. The molecule has 1 aromatic heterocycles. The molecular formula is C20H23N3O2. The van der Waals surface area contributed by atoms with Crippen molar-refractivity contribution >= 4 is 17.5 Å². The summed E-state index contributed by atoms with van der Waals surface area (Å²) < 4.78 is 0. The molecule has 0 atom stereocenters. The van der Waals surface area contributed by atoms with Gasteiger partial charge >= 0.3 is 0 Å². The van der Waals surface area contributed by atoms with E-state index in [9.17, 15) is 9.59 Å². The normalized spacial score (nSPS) is 14.7. The topological polar surface area (TPSA) is 62.3 Å². The fourth-order valence-corrected chi connectivity index (χ4v) is 3.15. The number of carbonyl (C=O) groups is 2. The van der Waals surface area contributed by atoms with Crippen LogP contribution in [0.3, 0.4) is 0 Å². The molecule has 2 aromatic rings. The maximum atomic E-state index is 13.0. The van der Waals surface area contributed by atoms with Crippen molar-refractivity contribution in [3.8, 4) is 0 Å². The molecule has 0 bridgehead atoms. The van der Waals surface area contributed by atoms with Crippen LogP contribution in [-0.2, 0) is 0 Å². The number of likely N-dealkylation sites (tertiary alicyclic amines) is 1. The molecule has 5 nitrogen and oxygen atoms in total. The van der Waals surface area contributed by atoms with E-state index in [1.807, 2.05) is 24.0 Å². The van der Waals surface area contributed by atoms with E-state index < -0.39 is 0 Å². The molecule has 0 aliphatic carbocycles. The standard InChI is InChI=1S/C20H23N3O2/c1-15-7-6-8-17(20(25)23-13-4-2-3-5-14-23)18(15)22-19(24)16-9-11-21-12-10-16/h6-12H,2-5,13-14H2,1H3,(H,22,24). The van der Waals surface area contributed by atoms with Gasteiger partial charge in [0.2, 0.25) is 0 Å². The number of anilines is 1. The lowest BCUT2D eigenvalue weighted by Crippen LogP contribution is -2.32. The summed E-state index contributed by atoms with van der Waals surface area (Å²) in [6.07, 6.45) is 7.57. The van der Waals surface area contributed by atoms with Crippen molar-refractivity contribution in [3.05, 3.63) is 59.4 Å². The second-order valence-corrected chi connectivity index (χ2v) is 6.39. The zero-order valence-corrected chi connectivity index (χ0v) is 14.5. The van der Waals surface area contributed by atoms with Crippen molar-refractivity contribution in [2.24, 2.45) is 0 Å². The highest BCUT2D eigenvalue weighted by molar-refractivity contribution is 6.09. The Hall–Kier alpha value is -2.69. The van der Waals surface area contributed by atoms with E-state index in [4.69, 9.17) is 0 Å². The number of aryl methyl sites for hydroxylation is 1. The lowest BCUT2D eigenvalue weighted by molar-refractivity contribution is 0.0762. The first-order valence-electron chi connectivity index (χ1n) is 8.77. The molecule has 1 aromatic carbocycles. The fraction of sp³-hybridized carbons (Fsp3) is 0.350. The minimum absolute atomic E-state index is 0.00405. The minimum Gasteiger partial charge on any atom is -0.339 e.